The predicted molar refractivity (Wildman–Crippen MR) is 142 cm³/mol. The minimum atomic E-state index is -0.532. The van der Waals surface area contributed by atoms with Crippen molar-refractivity contribution in [2.45, 2.75) is 25.3 Å². The Kier molecular flexibility index (Phi) is 7.45. The van der Waals surface area contributed by atoms with Gasteiger partial charge in [0, 0.05) is 42.3 Å². The summed E-state index contributed by atoms with van der Waals surface area (Å²) in [6, 6.07) is 25.1. The number of hydrogen-bond acceptors (Lipinski definition) is 4. The lowest BCUT2D eigenvalue weighted by molar-refractivity contribution is -0.124. The fraction of sp³-hybridized carbons (Fsp3) is 0.233. The van der Waals surface area contributed by atoms with Gasteiger partial charge in [0.1, 0.15) is 12.4 Å². The molecule has 0 radical (unpaired) electrons. The second-order valence-electron chi connectivity index (χ2n) is 9.13. The van der Waals surface area contributed by atoms with Crippen molar-refractivity contribution in [1.29, 1.82) is 0 Å². The predicted octanol–water partition coefficient (Wildman–Crippen LogP) is 5.30. The third-order valence-electron chi connectivity index (χ3n) is 6.92. The molecule has 6 nitrogen and oxygen atoms in total. The largest absolute Gasteiger partial charge is 0.492 e. The van der Waals surface area contributed by atoms with Crippen molar-refractivity contribution < 1.29 is 14.7 Å². The number of fused-ring (bicyclic) bond motifs is 2. The van der Waals surface area contributed by atoms with Crippen molar-refractivity contribution >= 4 is 22.9 Å². The van der Waals surface area contributed by atoms with Gasteiger partial charge in [0.05, 0.1) is 0 Å². The Labute approximate surface area is 211 Å². The highest BCUT2D eigenvalue weighted by Crippen LogP contribution is 2.36. The number of rotatable bonds is 10. The van der Waals surface area contributed by atoms with Crippen molar-refractivity contribution in [3.05, 3.63) is 107 Å². The molecule has 4 aromatic rings. The molecule has 1 aliphatic carbocycles. The number of aromatic nitrogens is 1. The van der Waals surface area contributed by atoms with E-state index >= 15 is 0 Å². The third-order valence-corrected chi connectivity index (χ3v) is 6.92. The molecule has 5 rings (SSSR count). The van der Waals surface area contributed by atoms with E-state index in [1.165, 1.54) is 33.7 Å². The zero-order chi connectivity index (χ0) is 24.7. The van der Waals surface area contributed by atoms with E-state index in [1.54, 1.807) is 11.6 Å². The maximum atomic E-state index is 11.3. The molecular weight excluding hydrogens is 450 g/mol. The number of benzene rings is 3. The minimum Gasteiger partial charge on any atom is -0.492 e. The van der Waals surface area contributed by atoms with Crippen LogP contribution in [0.2, 0.25) is 0 Å². The average molecular weight is 482 g/mol. The monoisotopic (exact) mass is 481 g/mol. The van der Waals surface area contributed by atoms with Gasteiger partial charge in [-0.05, 0) is 65.8 Å². The Morgan fingerprint density at radius 1 is 1.08 bits per heavy atom. The molecule has 0 bridgehead atoms. The van der Waals surface area contributed by atoms with Gasteiger partial charge in [-0.15, -0.1) is 0 Å². The smallest absolute Gasteiger partial charge is 0.267 e. The highest BCUT2D eigenvalue weighted by atomic mass is 16.5. The SMILES string of the molecule is O=C(/C=C/c1ccc2c(c1)CCC2N(CCOc1ccccc1)CCc1c[nH]c2ccccc12)NO. The zero-order valence-electron chi connectivity index (χ0n) is 20.2. The molecule has 0 aliphatic heterocycles. The van der Waals surface area contributed by atoms with Crippen LogP contribution in [0.15, 0.2) is 85.1 Å². The van der Waals surface area contributed by atoms with Gasteiger partial charge in [0.25, 0.3) is 5.91 Å². The molecule has 6 heteroatoms. The molecule has 1 amide bonds. The second kappa shape index (κ2) is 11.2. The molecule has 1 unspecified atom stereocenters. The first-order valence-corrected chi connectivity index (χ1v) is 12.4. The molecule has 0 saturated carbocycles. The van der Waals surface area contributed by atoms with Crippen molar-refractivity contribution in [3.63, 3.8) is 0 Å². The summed E-state index contributed by atoms with van der Waals surface area (Å²) in [6.45, 7) is 2.39. The number of nitrogens with zero attached hydrogens (tertiary/aromatic N) is 1. The van der Waals surface area contributed by atoms with Gasteiger partial charge in [-0.3, -0.25) is 14.9 Å². The zero-order valence-corrected chi connectivity index (χ0v) is 20.2. The number of hydroxylamine groups is 1. The summed E-state index contributed by atoms with van der Waals surface area (Å²) in [5.74, 6) is 0.361. The Balaban J connectivity index is 1.32. The summed E-state index contributed by atoms with van der Waals surface area (Å²) in [7, 11) is 0. The van der Waals surface area contributed by atoms with E-state index in [0.29, 0.717) is 12.6 Å². The van der Waals surface area contributed by atoms with Crippen LogP contribution in [-0.2, 0) is 17.6 Å². The maximum absolute atomic E-state index is 11.3. The number of ether oxygens (including phenoxy) is 1. The van der Waals surface area contributed by atoms with Gasteiger partial charge in [-0.25, -0.2) is 5.48 Å². The molecule has 184 valence electrons. The maximum Gasteiger partial charge on any atom is 0.267 e. The van der Waals surface area contributed by atoms with Crippen LogP contribution >= 0.6 is 0 Å². The topological polar surface area (TPSA) is 77.6 Å². The van der Waals surface area contributed by atoms with E-state index < -0.39 is 5.91 Å². The summed E-state index contributed by atoms with van der Waals surface area (Å²) in [6.07, 6.45) is 8.20. The first-order chi connectivity index (χ1) is 17.7. The van der Waals surface area contributed by atoms with E-state index in [4.69, 9.17) is 9.94 Å². The van der Waals surface area contributed by atoms with Crippen LogP contribution in [0, 0.1) is 0 Å². The number of hydrogen-bond donors (Lipinski definition) is 3. The summed E-state index contributed by atoms with van der Waals surface area (Å²) in [5.41, 5.74) is 7.75. The van der Waals surface area contributed by atoms with Gasteiger partial charge in [-0.2, -0.15) is 0 Å². The highest BCUT2D eigenvalue weighted by Gasteiger charge is 2.28. The molecule has 1 aromatic heterocycles. The first-order valence-electron chi connectivity index (χ1n) is 12.4. The van der Waals surface area contributed by atoms with Crippen LogP contribution in [-0.4, -0.2) is 40.7 Å². The number of aromatic amines is 1. The molecule has 36 heavy (non-hydrogen) atoms. The van der Waals surface area contributed by atoms with Crippen LogP contribution in [0.25, 0.3) is 17.0 Å². The van der Waals surface area contributed by atoms with E-state index in [0.717, 1.165) is 43.7 Å². The van der Waals surface area contributed by atoms with Gasteiger partial charge in [0.2, 0.25) is 0 Å². The van der Waals surface area contributed by atoms with Crippen LogP contribution in [0.1, 0.15) is 34.7 Å². The summed E-state index contributed by atoms with van der Waals surface area (Å²) in [5, 5.41) is 10.0. The molecule has 0 spiro atoms. The number of aryl methyl sites for hydroxylation is 1. The van der Waals surface area contributed by atoms with E-state index in [1.807, 2.05) is 36.4 Å². The lowest BCUT2D eigenvalue weighted by Gasteiger charge is -2.29. The lowest BCUT2D eigenvalue weighted by Crippen LogP contribution is -2.33. The second-order valence-corrected chi connectivity index (χ2v) is 9.13. The van der Waals surface area contributed by atoms with Gasteiger partial charge < -0.3 is 9.72 Å². The quantitative estimate of drug-likeness (QED) is 0.163. The van der Waals surface area contributed by atoms with E-state index in [2.05, 4.69) is 52.5 Å². The molecule has 0 fully saturated rings. The van der Waals surface area contributed by atoms with Crippen molar-refractivity contribution in [1.82, 2.24) is 15.4 Å². The fourth-order valence-electron chi connectivity index (χ4n) is 5.13. The van der Waals surface area contributed by atoms with Crippen molar-refractivity contribution in [2.75, 3.05) is 19.7 Å². The number of carbonyl (C=O) groups is 1. The molecule has 1 atom stereocenters. The molecule has 3 N–H and O–H groups in total. The third kappa shape index (κ3) is 5.51. The van der Waals surface area contributed by atoms with Crippen LogP contribution in [0.5, 0.6) is 5.75 Å². The van der Waals surface area contributed by atoms with Gasteiger partial charge in [0.15, 0.2) is 0 Å². The standard InChI is InChI=1S/C30H31N3O3/c34-30(32-35)15-11-22-10-13-27-23(20-22)12-14-29(27)33(18-19-36-25-6-2-1-3-7-25)17-16-24-21-31-28-9-5-4-8-26(24)28/h1-11,13,15,20-21,29,31,35H,12,14,16-19H2,(H,32,34)/b15-11+. The van der Waals surface area contributed by atoms with Crippen molar-refractivity contribution in [3.8, 4) is 5.75 Å². The van der Waals surface area contributed by atoms with Crippen LogP contribution < -0.4 is 10.2 Å². The fourth-order valence-corrected chi connectivity index (χ4v) is 5.13. The van der Waals surface area contributed by atoms with Crippen LogP contribution in [0.4, 0.5) is 0 Å². The normalized spacial score (nSPS) is 15.0. The lowest BCUT2D eigenvalue weighted by atomic mass is 10.0. The molecule has 1 aliphatic rings. The first kappa shape index (κ1) is 23.9. The number of nitrogens with one attached hydrogen (secondary N) is 2. The molecular formula is C30H31N3O3. The number of H-pyrrole nitrogens is 1. The van der Waals surface area contributed by atoms with Crippen LogP contribution in [0.3, 0.4) is 0 Å². The van der Waals surface area contributed by atoms with Gasteiger partial charge >= 0.3 is 0 Å². The Bertz CT molecular complexity index is 1350. The summed E-state index contributed by atoms with van der Waals surface area (Å²) >= 11 is 0. The molecule has 0 saturated heterocycles. The average Bonchev–Trinajstić information content (AvgIpc) is 3.54. The summed E-state index contributed by atoms with van der Waals surface area (Å²) < 4.78 is 6.06. The van der Waals surface area contributed by atoms with E-state index in [-0.39, 0.29) is 0 Å². The Hall–Kier alpha value is -3.87. The minimum absolute atomic E-state index is 0.323. The molecule has 3 aromatic carbocycles. The Morgan fingerprint density at radius 2 is 1.92 bits per heavy atom. The number of carbonyl (C=O) groups excluding carboxylic acids is 1. The number of amides is 1. The molecule has 1 heterocycles. The summed E-state index contributed by atoms with van der Waals surface area (Å²) in [4.78, 5) is 17.3. The Morgan fingerprint density at radius 3 is 2.78 bits per heavy atom. The number of para-hydroxylation sites is 2. The van der Waals surface area contributed by atoms with Gasteiger partial charge in [-0.1, -0.05) is 54.6 Å². The highest BCUT2D eigenvalue weighted by molar-refractivity contribution is 5.90. The van der Waals surface area contributed by atoms with Crippen molar-refractivity contribution in [2.24, 2.45) is 0 Å². The van der Waals surface area contributed by atoms with E-state index in [9.17, 15) is 4.79 Å².